The van der Waals surface area contributed by atoms with Gasteiger partial charge in [0.25, 0.3) is 17.7 Å². The molecular formula is C19H17N3O4. The maximum atomic E-state index is 12.7. The van der Waals surface area contributed by atoms with Gasteiger partial charge in [0, 0.05) is 13.5 Å². The van der Waals surface area contributed by atoms with Gasteiger partial charge in [-0.25, -0.2) is 10.9 Å². The van der Waals surface area contributed by atoms with Crippen LogP contribution in [0.15, 0.2) is 54.6 Å². The summed E-state index contributed by atoms with van der Waals surface area (Å²) in [6.07, 6.45) is 0. The molecule has 3 rings (SSSR count). The Morgan fingerprint density at radius 1 is 0.962 bits per heavy atom. The Balaban J connectivity index is 1.95. The van der Waals surface area contributed by atoms with Crippen molar-refractivity contribution in [2.24, 2.45) is 5.84 Å². The molecule has 1 unspecified atom stereocenters. The molecule has 4 amide bonds. The first kappa shape index (κ1) is 17.5. The largest absolute Gasteiger partial charge is 0.273 e. The van der Waals surface area contributed by atoms with E-state index >= 15 is 0 Å². The van der Waals surface area contributed by atoms with Crippen molar-refractivity contribution in [3.05, 3.63) is 71.3 Å². The zero-order chi connectivity index (χ0) is 18.8. The normalized spacial score (nSPS) is 14.2. The summed E-state index contributed by atoms with van der Waals surface area (Å²) in [4.78, 5) is 50.4. The van der Waals surface area contributed by atoms with Crippen LogP contribution >= 0.6 is 0 Å². The van der Waals surface area contributed by atoms with Crippen LogP contribution in [-0.4, -0.2) is 40.1 Å². The molecule has 1 atom stereocenters. The lowest BCUT2D eigenvalue weighted by Gasteiger charge is -2.25. The lowest BCUT2D eigenvalue weighted by Crippen LogP contribution is -2.47. The van der Waals surface area contributed by atoms with Crippen LogP contribution < -0.4 is 5.84 Å². The molecule has 0 bridgehead atoms. The van der Waals surface area contributed by atoms with Gasteiger partial charge in [0.05, 0.1) is 17.0 Å². The average molecular weight is 351 g/mol. The summed E-state index contributed by atoms with van der Waals surface area (Å²) in [5, 5.41) is 0.510. The zero-order valence-corrected chi connectivity index (χ0v) is 14.1. The van der Waals surface area contributed by atoms with E-state index in [2.05, 4.69) is 0 Å². The maximum absolute atomic E-state index is 12.7. The molecule has 7 heteroatoms. The lowest BCUT2D eigenvalue weighted by molar-refractivity contribution is -0.145. The van der Waals surface area contributed by atoms with E-state index in [9.17, 15) is 19.2 Å². The molecule has 26 heavy (non-hydrogen) atoms. The predicted molar refractivity (Wildman–Crippen MR) is 92.7 cm³/mol. The second kappa shape index (κ2) is 6.89. The summed E-state index contributed by atoms with van der Waals surface area (Å²) < 4.78 is 0. The van der Waals surface area contributed by atoms with Gasteiger partial charge < -0.3 is 0 Å². The number of amides is 4. The minimum atomic E-state index is -0.938. The summed E-state index contributed by atoms with van der Waals surface area (Å²) in [7, 11) is 0. The fourth-order valence-corrected chi connectivity index (χ4v) is 2.92. The highest BCUT2D eigenvalue weighted by atomic mass is 16.2. The van der Waals surface area contributed by atoms with Crippen LogP contribution in [0.1, 0.15) is 39.1 Å². The molecule has 0 saturated heterocycles. The third-order valence-electron chi connectivity index (χ3n) is 4.32. The van der Waals surface area contributed by atoms with E-state index in [1.165, 1.54) is 6.92 Å². The lowest BCUT2D eigenvalue weighted by atomic mass is 9.97. The molecule has 7 nitrogen and oxygen atoms in total. The van der Waals surface area contributed by atoms with Crippen molar-refractivity contribution in [1.82, 2.24) is 9.91 Å². The number of hydrogen-bond donors (Lipinski definition) is 1. The van der Waals surface area contributed by atoms with Crippen LogP contribution in [0.2, 0.25) is 0 Å². The van der Waals surface area contributed by atoms with E-state index in [0.29, 0.717) is 21.7 Å². The second-order valence-electron chi connectivity index (χ2n) is 5.96. The molecule has 132 valence electrons. The molecule has 0 fully saturated rings. The maximum Gasteiger partial charge on any atom is 0.261 e. The van der Waals surface area contributed by atoms with Crippen molar-refractivity contribution in [1.29, 1.82) is 0 Å². The summed E-state index contributed by atoms with van der Waals surface area (Å²) in [6.45, 7) is 0.970. The molecule has 1 aliphatic heterocycles. The molecule has 1 heterocycles. The quantitative estimate of drug-likeness (QED) is 0.387. The number of fused-ring (bicyclic) bond motifs is 1. The van der Waals surface area contributed by atoms with E-state index in [1.54, 1.807) is 54.6 Å². The van der Waals surface area contributed by atoms with E-state index in [0.717, 1.165) is 4.90 Å². The van der Waals surface area contributed by atoms with Crippen molar-refractivity contribution in [2.45, 2.75) is 12.8 Å². The fourth-order valence-electron chi connectivity index (χ4n) is 2.92. The molecule has 2 aromatic carbocycles. The van der Waals surface area contributed by atoms with Crippen LogP contribution in [0, 0.1) is 0 Å². The van der Waals surface area contributed by atoms with Crippen LogP contribution in [0.3, 0.4) is 0 Å². The van der Waals surface area contributed by atoms with Crippen LogP contribution in [0.25, 0.3) is 0 Å². The number of hydrazine groups is 1. The minimum absolute atomic E-state index is 0.198. The smallest absolute Gasteiger partial charge is 0.261 e. The standard InChI is InChI=1S/C19H17N3O4/c1-12(23)22(20)19(26)16(13-7-3-2-4-8-13)11-21-17(24)14-9-5-6-10-15(14)18(21)25/h2-10,16H,11,20H2,1H3. The number of hydrogen-bond acceptors (Lipinski definition) is 5. The number of carbonyl (C=O) groups excluding carboxylic acids is 4. The Morgan fingerprint density at radius 3 is 1.96 bits per heavy atom. The Kier molecular flexibility index (Phi) is 4.64. The Labute approximate surface area is 150 Å². The van der Waals surface area contributed by atoms with E-state index < -0.39 is 29.5 Å². The SMILES string of the molecule is CC(=O)N(N)C(=O)C(CN1C(=O)c2ccccc2C1=O)c1ccccc1. The molecular weight excluding hydrogens is 334 g/mol. The van der Waals surface area contributed by atoms with Crippen molar-refractivity contribution in [2.75, 3.05) is 6.54 Å². The van der Waals surface area contributed by atoms with Crippen LogP contribution in [0.4, 0.5) is 0 Å². The van der Waals surface area contributed by atoms with Crippen LogP contribution in [0.5, 0.6) is 0 Å². The van der Waals surface area contributed by atoms with Crippen molar-refractivity contribution < 1.29 is 19.2 Å². The highest BCUT2D eigenvalue weighted by Crippen LogP contribution is 2.27. The molecule has 0 aliphatic carbocycles. The topological polar surface area (TPSA) is 101 Å². The van der Waals surface area contributed by atoms with Crippen molar-refractivity contribution in [3.63, 3.8) is 0 Å². The Bertz CT molecular complexity index is 860. The molecule has 2 N–H and O–H groups in total. The predicted octanol–water partition coefficient (Wildman–Crippen LogP) is 1.32. The monoisotopic (exact) mass is 351 g/mol. The fraction of sp³-hybridized carbons (Fsp3) is 0.158. The van der Waals surface area contributed by atoms with Gasteiger partial charge in [-0.05, 0) is 17.7 Å². The van der Waals surface area contributed by atoms with E-state index in [4.69, 9.17) is 5.84 Å². The first-order valence-electron chi connectivity index (χ1n) is 8.01. The number of imide groups is 2. The van der Waals surface area contributed by atoms with E-state index in [-0.39, 0.29) is 6.54 Å². The first-order chi connectivity index (χ1) is 12.4. The van der Waals surface area contributed by atoms with Gasteiger partial charge in [0.2, 0.25) is 5.91 Å². The number of benzene rings is 2. The van der Waals surface area contributed by atoms with Crippen molar-refractivity contribution in [3.8, 4) is 0 Å². The highest BCUT2D eigenvalue weighted by Gasteiger charge is 2.39. The number of nitrogens with zero attached hydrogens (tertiary/aromatic N) is 2. The van der Waals surface area contributed by atoms with Crippen molar-refractivity contribution >= 4 is 23.6 Å². The second-order valence-corrected chi connectivity index (χ2v) is 5.96. The zero-order valence-electron chi connectivity index (χ0n) is 14.1. The van der Waals surface area contributed by atoms with Gasteiger partial charge in [-0.2, -0.15) is 0 Å². The van der Waals surface area contributed by atoms with Gasteiger partial charge in [-0.15, -0.1) is 0 Å². The van der Waals surface area contributed by atoms with Gasteiger partial charge in [0.1, 0.15) is 0 Å². The third kappa shape index (κ3) is 3.00. The van der Waals surface area contributed by atoms with Gasteiger partial charge >= 0.3 is 0 Å². The van der Waals surface area contributed by atoms with Gasteiger partial charge in [-0.1, -0.05) is 42.5 Å². The Morgan fingerprint density at radius 2 is 1.46 bits per heavy atom. The molecule has 0 saturated carbocycles. The summed E-state index contributed by atoms with van der Waals surface area (Å²) in [5.41, 5.74) is 1.16. The number of nitrogens with two attached hydrogens (primary N) is 1. The molecule has 1 aliphatic rings. The molecule has 0 spiro atoms. The molecule has 2 aromatic rings. The summed E-state index contributed by atoms with van der Waals surface area (Å²) in [5.74, 6) is 2.39. The average Bonchev–Trinajstić information content (AvgIpc) is 2.90. The summed E-state index contributed by atoms with van der Waals surface area (Å²) in [6, 6.07) is 15.1. The third-order valence-corrected chi connectivity index (χ3v) is 4.32. The Hall–Kier alpha value is -3.32. The van der Waals surface area contributed by atoms with E-state index in [1.807, 2.05) is 0 Å². The molecule has 0 aromatic heterocycles. The minimum Gasteiger partial charge on any atom is -0.273 e. The highest BCUT2D eigenvalue weighted by molar-refractivity contribution is 6.21. The number of rotatable bonds is 4. The molecule has 0 radical (unpaired) electrons. The van der Waals surface area contributed by atoms with Crippen LogP contribution in [-0.2, 0) is 9.59 Å². The summed E-state index contributed by atoms with van der Waals surface area (Å²) >= 11 is 0. The first-order valence-corrected chi connectivity index (χ1v) is 8.01. The van der Waals surface area contributed by atoms with Gasteiger partial charge in [-0.3, -0.25) is 24.1 Å². The van der Waals surface area contributed by atoms with Gasteiger partial charge in [0.15, 0.2) is 0 Å². The number of carbonyl (C=O) groups is 4.